The third-order valence-corrected chi connectivity index (χ3v) is 7.54. The maximum Gasteiger partial charge on any atom is 0.152 e. The van der Waals surface area contributed by atoms with E-state index in [9.17, 15) is 12.6 Å². The Bertz CT molecular complexity index is 462. The van der Waals surface area contributed by atoms with Crippen LogP contribution in [0.2, 0.25) is 0 Å². The number of piperidine rings is 1. The summed E-state index contributed by atoms with van der Waals surface area (Å²) in [6.45, 7) is 7.38. The van der Waals surface area contributed by atoms with Crippen molar-refractivity contribution in [3.8, 4) is 0 Å². The molecule has 2 N–H and O–H groups in total. The molecule has 0 aromatic heterocycles. The fourth-order valence-corrected chi connectivity index (χ4v) is 6.39. The van der Waals surface area contributed by atoms with Gasteiger partial charge in [0.25, 0.3) is 0 Å². The van der Waals surface area contributed by atoms with Crippen molar-refractivity contribution in [2.24, 2.45) is 5.41 Å². The summed E-state index contributed by atoms with van der Waals surface area (Å²) >= 11 is 0. The van der Waals surface area contributed by atoms with Gasteiger partial charge in [0, 0.05) is 11.5 Å². The summed E-state index contributed by atoms with van der Waals surface area (Å²) < 4.78 is 38.9. The molecule has 2 saturated heterocycles. The molecule has 112 valence electrons. The van der Waals surface area contributed by atoms with Gasteiger partial charge in [0.15, 0.2) is 9.84 Å². The van der Waals surface area contributed by atoms with E-state index in [2.05, 4.69) is 10.0 Å². The van der Waals surface area contributed by atoms with Gasteiger partial charge in [-0.3, -0.25) is 0 Å². The molecule has 0 amide bonds. The van der Waals surface area contributed by atoms with Gasteiger partial charge in [-0.25, -0.2) is 17.3 Å². The largest absolute Gasteiger partial charge is 0.317 e. The second kappa shape index (κ2) is 5.09. The fourth-order valence-electron chi connectivity index (χ4n) is 2.91. The molecule has 2 fully saturated rings. The van der Waals surface area contributed by atoms with Crippen LogP contribution in [-0.4, -0.2) is 48.0 Å². The molecule has 2 heterocycles. The van der Waals surface area contributed by atoms with Gasteiger partial charge >= 0.3 is 0 Å². The number of sulfone groups is 1. The third-order valence-electron chi connectivity index (χ3n) is 4.07. The lowest BCUT2D eigenvalue weighted by atomic mass is 9.76. The summed E-state index contributed by atoms with van der Waals surface area (Å²) in [5, 5.41) is 3.27. The number of hydrogen-bond donors (Lipinski definition) is 2. The highest BCUT2D eigenvalue weighted by Gasteiger charge is 2.51. The average Bonchev–Trinajstić information content (AvgIpc) is 2.49. The summed E-state index contributed by atoms with van der Waals surface area (Å²) in [4.78, 5) is 0. The standard InChI is InChI=1S/C12H24N2O3S2/c1-11(2,3)18(15)14-10-8-19(16,17)9-12(10)4-6-13-7-5-12/h10,13-14H,4-9H2,1-3H3/t10-,18?/m1/s1. The van der Waals surface area contributed by atoms with Gasteiger partial charge in [0.05, 0.1) is 27.2 Å². The van der Waals surface area contributed by atoms with Crippen molar-refractivity contribution in [1.82, 2.24) is 10.0 Å². The SMILES string of the molecule is CC(C)(C)S(=O)N[C@@H]1CS(=O)(=O)CC12CCNCC2. The highest BCUT2D eigenvalue weighted by atomic mass is 32.2. The highest BCUT2D eigenvalue weighted by Crippen LogP contribution is 2.40. The second-order valence-corrected chi connectivity index (χ2v) is 10.8. The van der Waals surface area contributed by atoms with Crippen molar-refractivity contribution in [3.63, 3.8) is 0 Å². The van der Waals surface area contributed by atoms with Crippen LogP contribution in [0, 0.1) is 5.41 Å². The van der Waals surface area contributed by atoms with Crippen LogP contribution in [0.15, 0.2) is 0 Å². The molecule has 0 aliphatic carbocycles. The van der Waals surface area contributed by atoms with Crippen LogP contribution in [0.5, 0.6) is 0 Å². The average molecular weight is 308 g/mol. The van der Waals surface area contributed by atoms with E-state index in [1.165, 1.54) is 0 Å². The highest BCUT2D eigenvalue weighted by molar-refractivity contribution is 7.91. The molecule has 0 radical (unpaired) electrons. The van der Waals surface area contributed by atoms with Crippen molar-refractivity contribution in [3.05, 3.63) is 0 Å². The quantitative estimate of drug-likeness (QED) is 0.764. The van der Waals surface area contributed by atoms with Crippen molar-refractivity contribution < 1.29 is 12.6 Å². The van der Waals surface area contributed by atoms with Crippen molar-refractivity contribution in [1.29, 1.82) is 0 Å². The zero-order valence-electron chi connectivity index (χ0n) is 11.9. The lowest BCUT2D eigenvalue weighted by Gasteiger charge is -2.38. The molecule has 1 unspecified atom stereocenters. The van der Waals surface area contributed by atoms with Crippen LogP contribution >= 0.6 is 0 Å². The molecule has 0 aromatic rings. The van der Waals surface area contributed by atoms with Gasteiger partial charge in [0.1, 0.15) is 0 Å². The molecule has 0 bridgehead atoms. The first-order valence-corrected chi connectivity index (χ1v) is 9.71. The minimum Gasteiger partial charge on any atom is -0.317 e. The summed E-state index contributed by atoms with van der Waals surface area (Å²) in [5.41, 5.74) is -0.231. The first kappa shape index (κ1) is 15.4. The van der Waals surface area contributed by atoms with Crippen molar-refractivity contribution in [2.45, 2.75) is 44.4 Å². The Kier molecular flexibility index (Phi) is 4.13. The Morgan fingerprint density at radius 2 is 1.84 bits per heavy atom. The maximum absolute atomic E-state index is 12.2. The van der Waals surface area contributed by atoms with Crippen LogP contribution in [0.1, 0.15) is 33.6 Å². The molecule has 1 spiro atoms. The van der Waals surface area contributed by atoms with Crippen molar-refractivity contribution >= 4 is 20.8 Å². The summed E-state index contributed by atoms with van der Waals surface area (Å²) in [7, 11) is -4.24. The molecular weight excluding hydrogens is 284 g/mol. The molecule has 5 nitrogen and oxygen atoms in total. The zero-order chi connectivity index (χ0) is 14.3. The second-order valence-electron chi connectivity index (χ2n) is 6.72. The molecule has 19 heavy (non-hydrogen) atoms. The Morgan fingerprint density at radius 3 is 2.37 bits per heavy atom. The molecule has 2 rings (SSSR count). The van der Waals surface area contributed by atoms with Crippen molar-refractivity contribution in [2.75, 3.05) is 24.6 Å². The van der Waals surface area contributed by atoms with Gasteiger partial charge in [-0.05, 0) is 46.7 Å². The van der Waals surface area contributed by atoms with E-state index in [0.29, 0.717) is 0 Å². The van der Waals surface area contributed by atoms with E-state index in [1.807, 2.05) is 20.8 Å². The lowest BCUT2D eigenvalue weighted by Crippen LogP contribution is -2.52. The number of nitrogens with one attached hydrogen (secondary N) is 2. The third kappa shape index (κ3) is 3.37. The van der Waals surface area contributed by atoms with E-state index in [4.69, 9.17) is 0 Å². The molecule has 0 saturated carbocycles. The smallest absolute Gasteiger partial charge is 0.152 e. The normalized spacial score (nSPS) is 31.4. The zero-order valence-corrected chi connectivity index (χ0v) is 13.5. The monoisotopic (exact) mass is 308 g/mol. The van der Waals surface area contributed by atoms with Gasteiger partial charge in [-0.1, -0.05) is 0 Å². The van der Waals surface area contributed by atoms with Crippen LogP contribution < -0.4 is 10.0 Å². The predicted octanol–water partition coefficient (Wildman–Crippen LogP) is 0.205. The topological polar surface area (TPSA) is 75.3 Å². The van der Waals surface area contributed by atoms with Gasteiger partial charge in [-0.15, -0.1) is 0 Å². The molecule has 7 heteroatoms. The molecule has 2 aliphatic heterocycles. The lowest BCUT2D eigenvalue weighted by molar-refractivity contribution is 0.200. The predicted molar refractivity (Wildman–Crippen MR) is 78.0 cm³/mol. The summed E-state index contributed by atoms with van der Waals surface area (Å²) in [5.74, 6) is 0.357. The van der Waals surface area contributed by atoms with E-state index in [0.717, 1.165) is 25.9 Å². The van der Waals surface area contributed by atoms with E-state index in [-0.39, 0.29) is 27.7 Å². The summed E-state index contributed by atoms with van der Waals surface area (Å²) in [6.07, 6.45) is 1.68. The van der Waals surface area contributed by atoms with Crippen LogP contribution in [0.25, 0.3) is 0 Å². The molecule has 2 aliphatic rings. The Morgan fingerprint density at radius 1 is 1.26 bits per heavy atom. The number of hydrogen-bond acceptors (Lipinski definition) is 4. The number of rotatable bonds is 2. The fraction of sp³-hybridized carbons (Fsp3) is 1.00. The summed E-state index contributed by atoms with van der Waals surface area (Å²) in [6, 6.07) is -0.181. The minimum atomic E-state index is -3.02. The van der Waals surface area contributed by atoms with Gasteiger partial charge in [-0.2, -0.15) is 0 Å². The maximum atomic E-state index is 12.2. The molecular formula is C12H24N2O3S2. The molecule has 0 aromatic carbocycles. The minimum absolute atomic E-state index is 0.120. The van der Waals surface area contributed by atoms with E-state index >= 15 is 0 Å². The first-order valence-electron chi connectivity index (χ1n) is 6.74. The van der Waals surface area contributed by atoms with Crippen LogP contribution in [-0.2, 0) is 20.8 Å². The van der Waals surface area contributed by atoms with Gasteiger partial charge in [0.2, 0.25) is 0 Å². The Balaban J connectivity index is 2.19. The van der Waals surface area contributed by atoms with Crippen LogP contribution in [0.4, 0.5) is 0 Å². The molecule has 2 atom stereocenters. The van der Waals surface area contributed by atoms with E-state index in [1.54, 1.807) is 0 Å². The Hall–Kier alpha value is 0.0200. The first-order chi connectivity index (χ1) is 8.65. The van der Waals surface area contributed by atoms with Gasteiger partial charge < -0.3 is 5.32 Å². The Labute approximate surface area is 118 Å². The van der Waals surface area contributed by atoms with E-state index < -0.39 is 20.8 Å². The van der Waals surface area contributed by atoms with Crippen LogP contribution in [0.3, 0.4) is 0 Å².